The number of aryl methyl sites for hydroxylation is 2. The van der Waals surface area contributed by atoms with Gasteiger partial charge in [0, 0.05) is 5.56 Å². The van der Waals surface area contributed by atoms with Gasteiger partial charge in [-0.2, -0.15) is 0 Å². The summed E-state index contributed by atoms with van der Waals surface area (Å²) in [6.07, 6.45) is -1.17. The predicted molar refractivity (Wildman–Crippen MR) is 95.1 cm³/mol. The SMILES string of the molecule is Cc1ccc(-c2oc3cc(C)ccc3c(=O)c2O[C@H](C)C(=O)O)cc1. The van der Waals surface area contributed by atoms with Crippen LogP contribution in [-0.4, -0.2) is 17.2 Å². The molecule has 0 radical (unpaired) electrons. The zero-order valence-electron chi connectivity index (χ0n) is 14.2. The van der Waals surface area contributed by atoms with Crippen molar-refractivity contribution in [1.29, 1.82) is 0 Å². The Labute approximate surface area is 144 Å². The van der Waals surface area contributed by atoms with Crippen molar-refractivity contribution in [1.82, 2.24) is 0 Å². The molecule has 1 heterocycles. The van der Waals surface area contributed by atoms with E-state index in [1.54, 1.807) is 18.2 Å². The van der Waals surface area contributed by atoms with Crippen LogP contribution in [0.25, 0.3) is 22.3 Å². The Hall–Kier alpha value is -3.08. The summed E-state index contributed by atoms with van der Waals surface area (Å²) in [6.45, 7) is 5.23. The van der Waals surface area contributed by atoms with E-state index in [-0.39, 0.29) is 16.9 Å². The highest BCUT2D eigenvalue weighted by Gasteiger charge is 2.22. The Kier molecular flexibility index (Phi) is 4.31. The number of ether oxygens (including phenoxy) is 1. The van der Waals surface area contributed by atoms with Gasteiger partial charge in [-0.3, -0.25) is 4.79 Å². The molecule has 0 saturated carbocycles. The van der Waals surface area contributed by atoms with Crippen LogP contribution < -0.4 is 10.2 Å². The van der Waals surface area contributed by atoms with E-state index in [2.05, 4.69) is 0 Å². The third-order valence-corrected chi connectivity index (χ3v) is 3.96. The van der Waals surface area contributed by atoms with Gasteiger partial charge in [0.15, 0.2) is 11.9 Å². The average Bonchev–Trinajstić information content (AvgIpc) is 2.57. The first-order valence-corrected chi connectivity index (χ1v) is 7.91. The lowest BCUT2D eigenvalue weighted by atomic mass is 10.1. The Bertz CT molecular complexity index is 999. The molecule has 0 amide bonds. The summed E-state index contributed by atoms with van der Waals surface area (Å²) in [5, 5.41) is 9.48. The number of benzene rings is 2. The second kappa shape index (κ2) is 6.43. The molecule has 5 heteroatoms. The van der Waals surface area contributed by atoms with Crippen LogP contribution in [0.5, 0.6) is 5.75 Å². The van der Waals surface area contributed by atoms with Gasteiger partial charge in [-0.15, -0.1) is 0 Å². The zero-order chi connectivity index (χ0) is 18.1. The van der Waals surface area contributed by atoms with E-state index in [1.807, 2.05) is 38.1 Å². The monoisotopic (exact) mass is 338 g/mol. The standard InChI is InChI=1S/C20H18O5/c1-11-4-7-14(8-5-11)18-19(24-13(3)20(22)23)17(21)15-9-6-12(2)10-16(15)25-18/h4-10,13H,1-3H3,(H,22,23)/t13-/m1/s1. The Morgan fingerprint density at radius 1 is 1.08 bits per heavy atom. The van der Waals surface area contributed by atoms with Gasteiger partial charge in [0.25, 0.3) is 0 Å². The minimum absolute atomic E-state index is 0.0879. The number of fused-ring (bicyclic) bond motifs is 1. The maximum Gasteiger partial charge on any atom is 0.344 e. The maximum atomic E-state index is 12.9. The molecule has 0 saturated heterocycles. The van der Waals surface area contributed by atoms with Gasteiger partial charge in [-0.25, -0.2) is 4.79 Å². The molecular weight excluding hydrogens is 320 g/mol. The van der Waals surface area contributed by atoms with E-state index in [4.69, 9.17) is 14.3 Å². The molecule has 0 aliphatic carbocycles. The fourth-order valence-electron chi connectivity index (χ4n) is 2.51. The predicted octanol–water partition coefficient (Wildman–Crippen LogP) is 3.93. The van der Waals surface area contributed by atoms with Gasteiger partial charge in [0.2, 0.25) is 11.2 Å². The molecule has 3 aromatic rings. The maximum absolute atomic E-state index is 12.9. The van der Waals surface area contributed by atoms with E-state index in [1.165, 1.54) is 6.92 Å². The lowest BCUT2D eigenvalue weighted by Crippen LogP contribution is -2.26. The summed E-state index contributed by atoms with van der Waals surface area (Å²) < 4.78 is 11.4. The summed E-state index contributed by atoms with van der Waals surface area (Å²) in [6, 6.07) is 12.6. The molecule has 5 nitrogen and oxygen atoms in total. The molecule has 0 unspecified atom stereocenters. The van der Waals surface area contributed by atoms with Crippen LogP contribution in [-0.2, 0) is 4.79 Å². The first kappa shape index (κ1) is 16.8. The number of carbonyl (C=O) groups is 1. The molecule has 0 spiro atoms. The number of hydrogen-bond donors (Lipinski definition) is 1. The number of aliphatic carboxylic acids is 1. The van der Waals surface area contributed by atoms with Crippen LogP contribution in [0.15, 0.2) is 51.7 Å². The molecule has 25 heavy (non-hydrogen) atoms. The number of hydrogen-bond acceptors (Lipinski definition) is 4. The minimum Gasteiger partial charge on any atom is -0.479 e. The van der Waals surface area contributed by atoms with Crippen LogP contribution in [0.1, 0.15) is 18.1 Å². The topological polar surface area (TPSA) is 76.7 Å². The van der Waals surface area contributed by atoms with E-state index in [0.717, 1.165) is 11.1 Å². The first-order chi connectivity index (χ1) is 11.9. The third-order valence-electron chi connectivity index (χ3n) is 3.96. The molecule has 0 aliphatic heterocycles. The van der Waals surface area contributed by atoms with Gasteiger partial charge in [0.05, 0.1) is 5.39 Å². The Balaban J connectivity index is 2.29. The van der Waals surface area contributed by atoms with Gasteiger partial charge < -0.3 is 14.3 Å². The van der Waals surface area contributed by atoms with Crippen molar-refractivity contribution in [3.05, 3.63) is 63.8 Å². The quantitative estimate of drug-likeness (QED) is 0.780. The molecule has 1 aromatic heterocycles. The van der Waals surface area contributed by atoms with Crippen molar-refractivity contribution < 1.29 is 19.1 Å². The number of rotatable bonds is 4. The highest BCUT2D eigenvalue weighted by Crippen LogP contribution is 2.32. The second-order valence-electron chi connectivity index (χ2n) is 6.05. The fraction of sp³-hybridized carbons (Fsp3) is 0.200. The summed E-state index contributed by atoms with van der Waals surface area (Å²) in [5.41, 5.74) is 2.72. The second-order valence-corrected chi connectivity index (χ2v) is 6.05. The van der Waals surface area contributed by atoms with Crippen molar-refractivity contribution in [3.8, 4) is 17.1 Å². The van der Waals surface area contributed by atoms with Gasteiger partial charge in [0.1, 0.15) is 5.58 Å². The molecule has 2 aromatic carbocycles. The Morgan fingerprint density at radius 2 is 1.72 bits per heavy atom. The lowest BCUT2D eigenvalue weighted by molar-refractivity contribution is -0.144. The third kappa shape index (κ3) is 3.26. The van der Waals surface area contributed by atoms with Gasteiger partial charge in [-0.1, -0.05) is 35.9 Å². The molecular formula is C20H18O5. The fourth-order valence-corrected chi connectivity index (χ4v) is 2.51. The Morgan fingerprint density at radius 3 is 2.36 bits per heavy atom. The van der Waals surface area contributed by atoms with Crippen LogP contribution in [0.3, 0.4) is 0 Å². The smallest absolute Gasteiger partial charge is 0.344 e. The highest BCUT2D eigenvalue weighted by molar-refractivity contribution is 5.83. The van der Waals surface area contributed by atoms with E-state index < -0.39 is 12.1 Å². The minimum atomic E-state index is -1.17. The van der Waals surface area contributed by atoms with Gasteiger partial charge >= 0.3 is 5.97 Å². The molecule has 1 N–H and O–H groups in total. The average molecular weight is 338 g/mol. The zero-order valence-corrected chi connectivity index (χ0v) is 14.2. The molecule has 0 aliphatic rings. The van der Waals surface area contributed by atoms with Gasteiger partial charge in [-0.05, 0) is 38.5 Å². The van der Waals surface area contributed by atoms with Crippen molar-refractivity contribution in [2.75, 3.05) is 0 Å². The largest absolute Gasteiger partial charge is 0.479 e. The van der Waals surface area contributed by atoms with Crippen molar-refractivity contribution in [3.63, 3.8) is 0 Å². The van der Waals surface area contributed by atoms with Crippen LogP contribution in [0, 0.1) is 13.8 Å². The van der Waals surface area contributed by atoms with Crippen LogP contribution >= 0.6 is 0 Å². The molecule has 0 fully saturated rings. The first-order valence-electron chi connectivity index (χ1n) is 7.91. The van der Waals surface area contributed by atoms with E-state index >= 15 is 0 Å². The molecule has 128 valence electrons. The molecule has 1 atom stereocenters. The number of carboxylic acid groups (broad SMARTS) is 1. The van der Waals surface area contributed by atoms with Crippen molar-refractivity contribution in [2.24, 2.45) is 0 Å². The van der Waals surface area contributed by atoms with Crippen LogP contribution in [0.4, 0.5) is 0 Å². The number of carboxylic acids is 1. The summed E-state index contributed by atoms with van der Waals surface area (Å²) in [5.74, 6) is -1.01. The van der Waals surface area contributed by atoms with Crippen molar-refractivity contribution >= 4 is 16.9 Å². The summed E-state index contributed by atoms with van der Waals surface area (Å²) >= 11 is 0. The molecule has 0 bridgehead atoms. The van der Waals surface area contributed by atoms with Crippen molar-refractivity contribution in [2.45, 2.75) is 26.9 Å². The molecule has 3 rings (SSSR count). The summed E-state index contributed by atoms with van der Waals surface area (Å²) in [7, 11) is 0. The highest BCUT2D eigenvalue weighted by atomic mass is 16.5. The van der Waals surface area contributed by atoms with Crippen LogP contribution in [0.2, 0.25) is 0 Å². The van der Waals surface area contributed by atoms with E-state index in [9.17, 15) is 9.59 Å². The lowest BCUT2D eigenvalue weighted by Gasteiger charge is -2.14. The van der Waals surface area contributed by atoms with E-state index in [0.29, 0.717) is 16.5 Å². The normalized spacial score (nSPS) is 12.1. The summed E-state index contributed by atoms with van der Waals surface area (Å²) in [4.78, 5) is 24.0.